The molecule has 8 heteroatoms. The Bertz CT molecular complexity index is 946. The molecule has 0 aromatic heterocycles. The van der Waals surface area contributed by atoms with Gasteiger partial charge in [0.25, 0.3) is 0 Å². The molecule has 2 aromatic carbocycles. The summed E-state index contributed by atoms with van der Waals surface area (Å²) in [6.07, 6.45) is -0.0653. The minimum absolute atomic E-state index is 0.0126. The van der Waals surface area contributed by atoms with Crippen LogP contribution >= 0.6 is 11.8 Å². The van der Waals surface area contributed by atoms with Crippen LogP contribution in [0.15, 0.2) is 42.5 Å². The number of fused-ring (bicyclic) bond motifs is 3. The van der Waals surface area contributed by atoms with Gasteiger partial charge in [0.15, 0.2) is 5.12 Å². The van der Waals surface area contributed by atoms with Crippen LogP contribution in [0.5, 0.6) is 0 Å². The van der Waals surface area contributed by atoms with Gasteiger partial charge in [-0.25, -0.2) is 9.59 Å². The predicted octanol–water partition coefficient (Wildman–Crippen LogP) is 2.85. The van der Waals surface area contributed by atoms with Crippen molar-refractivity contribution in [3.63, 3.8) is 0 Å². The van der Waals surface area contributed by atoms with E-state index in [1.54, 1.807) is 0 Å². The molecule has 1 aliphatic carbocycles. The first-order valence-electron chi connectivity index (χ1n) is 9.11. The fraction of sp³-hybridized carbons (Fsp3) is 0.286. The summed E-state index contributed by atoms with van der Waals surface area (Å²) in [5.74, 6) is -1.33. The number of rotatable bonds is 7. The average Bonchev–Trinajstić information content (AvgIpc) is 3.08. The van der Waals surface area contributed by atoms with Crippen LogP contribution in [-0.2, 0) is 27.4 Å². The van der Waals surface area contributed by atoms with Crippen molar-refractivity contribution in [1.82, 2.24) is 4.90 Å². The molecule has 0 fully saturated rings. The zero-order valence-corrected chi connectivity index (χ0v) is 16.8. The molecule has 0 spiro atoms. The minimum Gasteiger partial charge on any atom is -0.480 e. The maximum absolute atomic E-state index is 12.5. The SMILES string of the molecule is CC(=O)SCC(C(=O)O)N(CN)C(=O)OCc1cccc2c1Cc1ccccc1-2. The summed E-state index contributed by atoms with van der Waals surface area (Å²) in [5.41, 5.74) is 11.1. The summed E-state index contributed by atoms with van der Waals surface area (Å²) in [7, 11) is 0. The zero-order valence-electron chi connectivity index (χ0n) is 16.0. The topological polar surface area (TPSA) is 110 Å². The third-order valence-corrected chi connectivity index (χ3v) is 5.72. The molecule has 1 aliphatic rings. The Morgan fingerprint density at radius 1 is 1.17 bits per heavy atom. The monoisotopic (exact) mass is 414 g/mol. The summed E-state index contributed by atoms with van der Waals surface area (Å²) in [6.45, 7) is 1.02. The first-order valence-corrected chi connectivity index (χ1v) is 10.1. The Balaban J connectivity index is 1.72. The number of carboxylic acids is 1. The van der Waals surface area contributed by atoms with Gasteiger partial charge in [-0.1, -0.05) is 54.2 Å². The van der Waals surface area contributed by atoms with Crippen LogP contribution in [0.3, 0.4) is 0 Å². The largest absolute Gasteiger partial charge is 0.480 e. The first-order chi connectivity index (χ1) is 13.9. The van der Waals surface area contributed by atoms with Crippen LogP contribution in [0, 0.1) is 0 Å². The van der Waals surface area contributed by atoms with Crippen molar-refractivity contribution < 1.29 is 24.2 Å². The number of hydrogen-bond acceptors (Lipinski definition) is 6. The summed E-state index contributed by atoms with van der Waals surface area (Å²) >= 11 is 0.828. The fourth-order valence-electron chi connectivity index (χ4n) is 3.40. The quantitative estimate of drug-likeness (QED) is 0.572. The minimum atomic E-state index is -1.24. The van der Waals surface area contributed by atoms with Gasteiger partial charge in [0.1, 0.15) is 12.6 Å². The molecule has 1 unspecified atom stereocenters. The lowest BCUT2D eigenvalue weighted by Gasteiger charge is -2.26. The Labute approximate surface area is 172 Å². The van der Waals surface area contributed by atoms with Crippen LogP contribution < -0.4 is 5.73 Å². The van der Waals surface area contributed by atoms with E-state index in [9.17, 15) is 19.5 Å². The molecule has 0 heterocycles. The lowest BCUT2D eigenvalue weighted by atomic mass is 10.0. The Morgan fingerprint density at radius 2 is 1.90 bits per heavy atom. The lowest BCUT2D eigenvalue weighted by Crippen LogP contribution is -2.49. The van der Waals surface area contributed by atoms with Crippen molar-refractivity contribution in [1.29, 1.82) is 0 Å². The highest BCUT2D eigenvalue weighted by Gasteiger charge is 2.31. The van der Waals surface area contributed by atoms with Gasteiger partial charge >= 0.3 is 12.1 Å². The van der Waals surface area contributed by atoms with Gasteiger partial charge in [0.2, 0.25) is 0 Å². The standard InChI is InChI=1S/C21H22N2O5S/c1-13(24)29-11-19(20(25)26)23(12-22)21(27)28-10-15-6-4-8-17-16-7-3-2-5-14(16)9-18(15)17/h2-8,19H,9-12,22H2,1H3,(H,25,26). The number of carbonyl (C=O) groups is 3. The van der Waals surface area contributed by atoms with E-state index in [1.807, 2.05) is 30.3 Å². The number of amides is 1. The maximum Gasteiger partial charge on any atom is 0.411 e. The molecule has 3 N–H and O–H groups in total. The number of ether oxygens (including phenoxy) is 1. The highest BCUT2D eigenvalue weighted by molar-refractivity contribution is 8.13. The number of benzene rings is 2. The second-order valence-electron chi connectivity index (χ2n) is 6.64. The van der Waals surface area contributed by atoms with Gasteiger partial charge in [-0.2, -0.15) is 0 Å². The van der Waals surface area contributed by atoms with E-state index in [-0.39, 0.29) is 24.1 Å². The molecule has 0 radical (unpaired) electrons. The molecule has 7 nitrogen and oxygen atoms in total. The Hall–Kier alpha value is -2.84. The van der Waals surface area contributed by atoms with Gasteiger partial charge in [-0.3, -0.25) is 9.69 Å². The van der Waals surface area contributed by atoms with Crippen molar-refractivity contribution in [3.8, 4) is 11.1 Å². The summed E-state index contributed by atoms with van der Waals surface area (Å²) in [5, 5.41) is 9.18. The van der Waals surface area contributed by atoms with E-state index >= 15 is 0 Å². The van der Waals surface area contributed by atoms with Crippen LogP contribution in [-0.4, -0.2) is 45.6 Å². The van der Waals surface area contributed by atoms with Crippen molar-refractivity contribution in [2.75, 3.05) is 12.4 Å². The van der Waals surface area contributed by atoms with Crippen LogP contribution in [0.1, 0.15) is 23.6 Å². The van der Waals surface area contributed by atoms with Crippen molar-refractivity contribution in [2.45, 2.75) is 26.0 Å². The number of nitrogens with two attached hydrogens (primary N) is 1. The summed E-state index contributed by atoms with van der Waals surface area (Å²) in [4.78, 5) is 36.2. The van der Waals surface area contributed by atoms with Gasteiger partial charge < -0.3 is 15.6 Å². The molecule has 0 bridgehead atoms. The van der Waals surface area contributed by atoms with Gasteiger partial charge in [-0.05, 0) is 34.2 Å². The lowest BCUT2D eigenvalue weighted by molar-refractivity contribution is -0.141. The van der Waals surface area contributed by atoms with Crippen LogP contribution in [0.2, 0.25) is 0 Å². The number of carboxylic acid groups (broad SMARTS) is 1. The fourth-order valence-corrected chi connectivity index (χ4v) is 4.12. The van der Waals surface area contributed by atoms with E-state index in [1.165, 1.54) is 18.1 Å². The van der Waals surface area contributed by atoms with E-state index < -0.39 is 18.1 Å². The van der Waals surface area contributed by atoms with E-state index in [2.05, 4.69) is 12.1 Å². The van der Waals surface area contributed by atoms with Crippen molar-refractivity contribution >= 4 is 28.9 Å². The third kappa shape index (κ3) is 4.60. The average molecular weight is 414 g/mol. The molecule has 0 aliphatic heterocycles. The number of thioether (sulfide) groups is 1. The van der Waals surface area contributed by atoms with Gasteiger partial charge in [0.05, 0.1) is 6.67 Å². The molecule has 1 atom stereocenters. The molecule has 0 saturated heterocycles. The summed E-state index contributed by atoms with van der Waals surface area (Å²) in [6, 6.07) is 12.7. The number of nitrogens with zero attached hydrogens (tertiary/aromatic N) is 1. The van der Waals surface area contributed by atoms with Crippen molar-refractivity contribution in [3.05, 3.63) is 59.2 Å². The second kappa shape index (κ2) is 9.11. The molecule has 2 aromatic rings. The smallest absolute Gasteiger partial charge is 0.411 e. The number of hydrogen-bond donors (Lipinski definition) is 2. The third-order valence-electron chi connectivity index (χ3n) is 4.84. The molecule has 3 rings (SSSR count). The van der Waals surface area contributed by atoms with Gasteiger partial charge in [0, 0.05) is 12.7 Å². The molecule has 0 saturated carbocycles. The molecular formula is C21H22N2O5S. The first kappa shape index (κ1) is 20.9. The number of aliphatic carboxylic acids is 1. The Morgan fingerprint density at radius 3 is 2.59 bits per heavy atom. The molecule has 1 amide bonds. The van der Waals surface area contributed by atoms with E-state index in [0.717, 1.165) is 39.8 Å². The molecule has 29 heavy (non-hydrogen) atoms. The molecule has 152 valence electrons. The molecular weight excluding hydrogens is 392 g/mol. The highest BCUT2D eigenvalue weighted by atomic mass is 32.2. The summed E-state index contributed by atoms with van der Waals surface area (Å²) < 4.78 is 5.39. The second-order valence-corrected chi connectivity index (χ2v) is 7.84. The van der Waals surface area contributed by atoms with Crippen LogP contribution in [0.25, 0.3) is 11.1 Å². The van der Waals surface area contributed by atoms with E-state index in [4.69, 9.17) is 10.5 Å². The normalized spacial score (nSPS) is 12.6. The zero-order chi connectivity index (χ0) is 21.0. The Kier molecular flexibility index (Phi) is 6.56. The predicted molar refractivity (Wildman–Crippen MR) is 110 cm³/mol. The van der Waals surface area contributed by atoms with E-state index in [0.29, 0.717) is 0 Å². The van der Waals surface area contributed by atoms with Gasteiger partial charge in [-0.15, -0.1) is 0 Å². The van der Waals surface area contributed by atoms with Crippen molar-refractivity contribution in [2.24, 2.45) is 5.73 Å². The maximum atomic E-state index is 12.5. The highest BCUT2D eigenvalue weighted by Crippen LogP contribution is 2.38. The number of carbonyl (C=O) groups excluding carboxylic acids is 2. The van der Waals surface area contributed by atoms with Crippen LogP contribution in [0.4, 0.5) is 4.79 Å².